The van der Waals surface area contributed by atoms with Gasteiger partial charge in [-0.3, -0.25) is 10.1 Å². The monoisotopic (exact) mass is 391 g/mol. The van der Waals surface area contributed by atoms with Gasteiger partial charge < -0.3 is 9.88 Å². The summed E-state index contributed by atoms with van der Waals surface area (Å²) in [4.78, 5) is 13.2. The van der Waals surface area contributed by atoms with Crippen LogP contribution in [0.4, 0.5) is 0 Å². The summed E-state index contributed by atoms with van der Waals surface area (Å²) in [5.74, 6) is 6.91. The van der Waals surface area contributed by atoms with Crippen molar-refractivity contribution < 1.29 is 4.79 Å². The molecule has 29 heavy (non-hydrogen) atoms. The number of hydrogen-bond donors (Lipinski definition) is 2. The molecule has 154 valence electrons. The minimum absolute atomic E-state index is 0.160. The molecule has 1 aromatic carbocycles. The Morgan fingerprint density at radius 1 is 1.31 bits per heavy atom. The van der Waals surface area contributed by atoms with Gasteiger partial charge in [0.2, 0.25) is 5.91 Å². The van der Waals surface area contributed by atoms with E-state index in [9.17, 15) is 4.79 Å². The van der Waals surface area contributed by atoms with Crippen LogP contribution in [0, 0.1) is 17.8 Å². The third kappa shape index (κ3) is 4.21. The Balaban J connectivity index is 1.71. The van der Waals surface area contributed by atoms with Gasteiger partial charge in [-0.05, 0) is 55.7 Å². The summed E-state index contributed by atoms with van der Waals surface area (Å²) in [6, 6.07) is 6.91. The summed E-state index contributed by atoms with van der Waals surface area (Å²) >= 11 is 0. The third-order valence-electron chi connectivity index (χ3n) is 6.37. The predicted molar refractivity (Wildman–Crippen MR) is 119 cm³/mol. The number of hydrogen-bond acceptors (Lipinski definition) is 2. The Kier molecular flexibility index (Phi) is 5.96. The number of benzene rings is 1. The van der Waals surface area contributed by atoms with Crippen LogP contribution in [-0.4, -0.2) is 22.6 Å². The van der Waals surface area contributed by atoms with Crippen LogP contribution < -0.4 is 10.6 Å². The molecule has 0 unspecified atom stereocenters. The molecule has 2 aromatic rings. The maximum Gasteiger partial charge on any atom is 0.237 e. The molecule has 1 aliphatic heterocycles. The molecule has 4 heteroatoms. The van der Waals surface area contributed by atoms with E-state index in [0.717, 1.165) is 25.7 Å². The molecule has 0 saturated heterocycles. The standard InChI is InChI=1S/C25H33N3O/c1-4-5-13-28-16-18-15-22(25(29)26-19-9-6-7-10-19)27-21(14-17(2)3)20-11-8-12-23(28)24(18)20/h8,11-12,16-17,19,21-22,27H,6-7,9-10,13-15H2,1-3H3,(H,26,29)/t21-,22-/m0/s1. The van der Waals surface area contributed by atoms with E-state index in [1.807, 2.05) is 6.92 Å². The van der Waals surface area contributed by atoms with Crippen molar-refractivity contribution in [3.05, 3.63) is 35.5 Å². The molecule has 1 fully saturated rings. The van der Waals surface area contributed by atoms with E-state index in [1.165, 1.54) is 34.9 Å². The highest BCUT2D eigenvalue weighted by Gasteiger charge is 2.32. The van der Waals surface area contributed by atoms with Crippen molar-refractivity contribution in [1.82, 2.24) is 15.2 Å². The van der Waals surface area contributed by atoms with Gasteiger partial charge in [-0.1, -0.05) is 44.7 Å². The van der Waals surface area contributed by atoms with E-state index >= 15 is 0 Å². The fourth-order valence-electron chi connectivity index (χ4n) is 5.03. The summed E-state index contributed by atoms with van der Waals surface area (Å²) < 4.78 is 2.24. The highest BCUT2D eigenvalue weighted by Crippen LogP contribution is 2.35. The zero-order valence-corrected chi connectivity index (χ0v) is 17.9. The molecule has 1 saturated carbocycles. The van der Waals surface area contributed by atoms with E-state index in [-0.39, 0.29) is 18.0 Å². The molecule has 2 N–H and O–H groups in total. The number of nitrogens with zero attached hydrogens (tertiary/aromatic N) is 1. The molecule has 2 aliphatic rings. The van der Waals surface area contributed by atoms with Crippen molar-refractivity contribution in [2.45, 2.75) is 84.0 Å². The molecule has 1 aromatic heterocycles. The lowest BCUT2D eigenvalue weighted by molar-refractivity contribution is -0.124. The number of aromatic nitrogens is 1. The lowest BCUT2D eigenvalue weighted by atomic mass is 9.94. The largest absolute Gasteiger partial charge is 0.352 e. The van der Waals surface area contributed by atoms with Crippen molar-refractivity contribution in [3.63, 3.8) is 0 Å². The Bertz CT molecular complexity index is 940. The van der Waals surface area contributed by atoms with Crippen LogP contribution in [0.15, 0.2) is 24.4 Å². The van der Waals surface area contributed by atoms with E-state index in [2.05, 4.69) is 65.3 Å². The Morgan fingerprint density at radius 3 is 2.83 bits per heavy atom. The first kappa shape index (κ1) is 20.0. The number of carbonyl (C=O) groups excluding carboxylic acids is 1. The summed E-state index contributed by atoms with van der Waals surface area (Å²) in [5, 5.41) is 8.37. The lowest BCUT2D eigenvalue weighted by Crippen LogP contribution is -2.49. The number of carbonyl (C=O) groups is 1. The average molecular weight is 392 g/mol. The summed E-state index contributed by atoms with van der Waals surface area (Å²) in [5.41, 5.74) is 3.82. The van der Waals surface area contributed by atoms with E-state index in [4.69, 9.17) is 0 Å². The molecule has 2 atom stereocenters. The fraction of sp³-hybridized carbons (Fsp3) is 0.560. The topological polar surface area (TPSA) is 46.1 Å². The molecule has 4 rings (SSSR count). The second-order valence-electron chi connectivity index (χ2n) is 9.05. The van der Waals surface area contributed by atoms with Gasteiger partial charge in [0, 0.05) is 29.2 Å². The van der Waals surface area contributed by atoms with Gasteiger partial charge in [0.1, 0.15) is 0 Å². The Morgan fingerprint density at radius 2 is 2.10 bits per heavy atom. The molecule has 2 heterocycles. The molecular weight excluding hydrogens is 358 g/mol. The second-order valence-corrected chi connectivity index (χ2v) is 9.05. The molecule has 4 nitrogen and oxygen atoms in total. The number of nitrogens with one attached hydrogen (secondary N) is 2. The van der Waals surface area contributed by atoms with Gasteiger partial charge in [0.05, 0.1) is 12.6 Å². The molecule has 0 radical (unpaired) electrons. The maximum atomic E-state index is 13.2. The van der Waals surface area contributed by atoms with Gasteiger partial charge in [-0.25, -0.2) is 0 Å². The summed E-state index contributed by atoms with van der Waals surface area (Å²) in [6.07, 6.45) is 8.65. The van der Waals surface area contributed by atoms with E-state index < -0.39 is 0 Å². The molecule has 0 bridgehead atoms. The zero-order valence-electron chi connectivity index (χ0n) is 17.9. The van der Waals surface area contributed by atoms with Gasteiger partial charge in [-0.15, -0.1) is 5.92 Å². The summed E-state index contributed by atoms with van der Waals surface area (Å²) in [7, 11) is 0. The van der Waals surface area contributed by atoms with Crippen molar-refractivity contribution in [1.29, 1.82) is 0 Å². The normalized spacial score (nSPS) is 21.8. The predicted octanol–water partition coefficient (Wildman–Crippen LogP) is 4.32. The van der Waals surface area contributed by atoms with Crippen molar-refractivity contribution in [2.75, 3.05) is 0 Å². The summed E-state index contributed by atoms with van der Waals surface area (Å²) in [6.45, 7) is 7.08. The lowest BCUT2D eigenvalue weighted by Gasteiger charge is -2.26. The number of amides is 1. The average Bonchev–Trinajstić information content (AvgIpc) is 3.29. The maximum absolute atomic E-state index is 13.2. The third-order valence-corrected chi connectivity index (χ3v) is 6.37. The minimum atomic E-state index is -0.192. The highest BCUT2D eigenvalue weighted by atomic mass is 16.2. The quantitative estimate of drug-likeness (QED) is 0.746. The second kappa shape index (κ2) is 8.63. The van der Waals surface area contributed by atoms with Crippen molar-refractivity contribution in [2.24, 2.45) is 5.92 Å². The first-order chi connectivity index (χ1) is 14.1. The van der Waals surface area contributed by atoms with Crippen molar-refractivity contribution in [3.8, 4) is 11.8 Å². The van der Waals surface area contributed by atoms with Crippen LogP contribution in [-0.2, 0) is 17.8 Å². The number of rotatable bonds is 5. The Hall–Kier alpha value is -2.25. The SMILES string of the molecule is CC#CCn1cc2c3c(cccc31)[C@H](CC(C)C)N[C@H](C(=O)NC1CCCC1)C2. The van der Waals surface area contributed by atoms with Crippen LogP contribution in [0.1, 0.15) is 70.0 Å². The first-order valence-corrected chi connectivity index (χ1v) is 11.1. The van der Waals surface area contributed by atoms with Gasteiger partial charge in [0.15, 0.2) is 0 Å². The molecule has 0 spiro atoms. The molecule has 1 aliphatic carbocycles. The van der Waals surface area contributed by atoms with Crippen LogP contribution in [0.2, 0.25) is 0 Å². The van der Waals surface area contributed by atoms with Gasteiger partial charge in [-0.2, -0.15) is 0 Å². The minimum Gasteiger partial charge on any atom is -0.352 e. The Labute approximate surface area is 174 Å². The van der Waals surface area contributed by atoms with Crippen LogP contribution in [0.25, 0.3) is 10.9 Å². The van der Waals surface area contributed by atoms with Gasteiger partial charge >= 0.3 is 0 Å². The first-order valence-electron chi connectivity index (χ1n) is 11.1. The van der Waals surface area contributed by atoms with E-state index in [0.29, 0.717) is 18.5 Å². The molecular formula is C25H33N3O. The van der Waals surface area contributed by atoms with E-state index in [1.54, 1.807) is 0 Å². The highest BCUT2D eigenvalue weighted by molar-refractivity contribution is 5.90. The molecule has 1 amide bonds. The van der Waals surface area contributed by atoms with Crippen LogP contribution in [0.5, 0.6) is 0 Å². The zero-order chi connectivity index (χ0) is 20.4. The van der Waals surface area contributed by atoms with Crippen LogP contribution >= 0.6 is 0 Å². The fourth-order valence-corrected chi connectivity index (χ4v) is 5.03. The smallest absolute Gasteiger partial charge is 0.237 e. The van der Waals surface area contributed by atoms with Crippen molar-refractivity contribution >= 4 is 16.8 Å². The van der Waals surface area contributed by atoms with Crippen LogP contribution in [0.3, 0.4) is 0 Å². The van der Waals surface area contributed by atoms with Gasteiger partial charge in [0.25, 0.3) is 0 Å².